The van der Waals surface area contributed by atoms with Crippen molar-refractivity contribution in [1.82, 2.24) is 14.6 Å². The molecule has 0 aromatic carbocycles. The second kappa shape index (κ2) is 7.84. The zero-order chi connectivity index (χ0) is 21.3. The Labute approximate surface area is 168 Å². The number of hydrogen-bond donors (Lipinski definition) is 4. The van der Waals surface area contributed by atoms with Gasteiger partial charge in [0.25, 0.3) is 5.56 Å². The molecular weight excluding hydrogens is 396 g/mol. The molecule has 1 aliphatic heterocycles. The van der Waals surface area contributed by atoms with E-state index in [1.807, 2.05) is 0 Å². The van der Waals surface area contributed by atoms with Crippen LogP contribution >= 0.6 is 0 Å². The van der Waals surface area contributed by atoms with Gasteiger partial charge in [-0.05, 0) is 37.3 Å². The van der Waals surface area contributed by atoms with Crippen molar-refractivity contribution in [3.63, 3.8) is 0 Å². The highest BCUT2D eigenvalue weighted by Crippen LogP contribution is 2.29. The van der Waals surface area contributed by atoms with Crippen molar-refractivity contribution in [2.45, 2.75) is 30.7 Å². The molecule has 1 aliphatic carbocycles. The molecule has 0 spiro atoms. The summed E-state index contributed by atoms with van der Waals surface area (Å²) >= 11 is 0. The molecule has 10 nitrogen and oxygen atoms in total. The number of carbonyl (C=O) groups is 1. The molecule has 1 aromatic heterocycles. The fourth-order valence-electron chi connectivity index (χ4n) is 3.09. The summed E-state index contributed by atoms with van der Waals surface area (Å²) < 4.78 is 28.7. The molecule has 1 aromatic rings. The minimum Gasteiger partial charge on any atom is -0.393 e. The van der Waals surface area contributed by atoms with E-state index in [1.54, 1.807) is 6.92 Å². The number of aromatic nitrogens is 1. The van der Waals surface area contributed by atoms with Gasteiger partial charge in [0.05, 0.1) is 11.7 Å². The van der Waals surface area contributed by atoms with Crippen molar-refractivity contribution in [1.29, 1.82) is 0 Å². The van der Waals surface area contributed by atoms with Crippen molar-refractivity contribution < 1.29 is 13.2 Å². The van der Waals surface area contributed by atoms with Crippen LogP contribution in [0, 0.1) is 5.92 Å². The maximum atomic E-state index is 12.9. The van der Waals surface area contributed by atoms with Crippen molar-refractivity contribution in [3.8, 4) is 0 Å². The summed E-state index contributed by atoms with van der Waals surface area (Å²) in [6.45, 7) is 6.14. The SMILES string of the molecule is C=C1C(CNC=O)=C(n2ccc(S(=O)(=O)NCC3CC3)c(N)c2=O)C(N)=NC1C. The summed E-state index contributed by atoms with van der Waals surface area (Å²) in [5.41, 5.74) is 12.1. The first-order valence-electron chi connectivity index (χ1n) is 9.11. The first-order valence-corrected chi connectivity index (χ1v) is 10.6. The van der Waals surface area contributed by atoms with E-state index < -0.39 is 21.3 Å². The number of amidine groups is 1. The van der Waals surface area contributed by atoms with Gasteiger partial charge in [0, 0.05) is 24.9 Å². The third kappa shape index (κ3) is 4.10. The number of amides is 1. The van der Waals surface area contributed by atoms with Gasteiger partial charge in [-0.3, -0.25) is 19.1 Å². The molecule has 0 bridgehead atoms. The minimum absolute atomic E-state index is 0.0663. The van der Waals surface area contributed by atoms with Gasteiger partial charge in [-0.15, -0.1) is 0 Å². The van der Waals surface area contributed by atoms with Gasteiger partial charge >= 0.3 is 0 Å². The second-order valence-corrected chi connectivity index (χ2v) is 8.84. The number of carbonyl (C=O) groups excluding carboxylic acids is 1. The van der Waals surface area contributed by atoms with Crippen molar-refractivity contribution in [2.24, 2.45) is 16.6 Å². The van der Waals surface area contributed by atoms with Crippen LogP contribution in [0.1, 0.15) is 19.8 Å². The molecule has 1 saturated carbocycles. The smallest absolute Gasteiger partial charge is 0.279 e. The number of rotatable bonds is 8. The van der Waals surface area contributed by atoms with Crippen LogP contribution in [0.2, 0.25) is 0 Å². The lowest BCUT2D eigenvalue weighted by molar-refractivity contribution is -0.109. The third-order valence-corrected chi connectivity index (χ3v) is 6.48. The third-order valence-electron chi connectivity index (χ3n) is 4.99. The standard InChI is InChI=1S/C18H24N6O4S/c1-10-11(2)23-17(20)16(13(10)8-21-9-25)24-6-5-14(15(19)18(24)26)29(27,28)22-7-12-3-4-12/h5-6,9,11-12,22H,1,3-4,7-8,19H2,2H3,(H2,20,23)(H,21,25). The number of nitrogens with zero attached hydrogens (tertiary/aromatic N) is 2. The van der Waals surface area contributed by atoms with Crippen LogP contribution in [-0.2, 0) is 14.8 Å². The number of nitrogens with two attached hydrogens (primary N) is 2. The second-order valence-electron chi connectivity index (χ2n) is 7.11. The van der Waals surface area contributed by atoms with Gasteiger partial charge in [-0.25, -0.2) is 13.1 Å². The van der Waals surface area contributed by atoms with E-state index in [-0.39, 0.29) is 29.0 Å². The van der Waals surface area contributed by atoms with Crippen LogP contribution < -0.4 is 27.1 Å². The number of pyridine rings is 1. The van der Waals surface area contributed by atoms with Crippen molar-refractivity contribution in [3.05, 3.63) is 40.3 Å². The Morgan fingerprint density at radius 2 is 2.07 bits per heavy atom. The summed E-state index contributed by atoms with van der Waals surface area (Å²) in [5, 5.41) is 2.53. The van der Waals surface area contributed by atoms with Gasteiger partial charge in [0.15, 0.2) is 0 Å². The molecule has 1 unspecified atom stereocenters. The normalized spacial score (nSPS) is 19.8. The van der Waals surface area contributed by atoms with Crippen molar-refractivity contribution in [2.75, 3.05) is 18.8 Å². The summed E-state index contributed by atoms with van der Waals surface area (Å²) in [6.07, 6.45) is 3.76. The number of nitrogens with one attached hydrogen (secondary N) is 2. The maximum Gasteiger partial charge on any atom is 0.279 e. The van der Waals surface area contributed by atoms with Gasteiger partial charge in [0.2, 0.25) is 16.4 Å². The summed E-state index contributed by atoms with van der Waals surface area (Å²) in [4.78, 5) is 27.7. The molecule has 2 aliphatic rings. The van der Waals surface area contributed by atoms with Crippen LogP contribution in [0.5, 0.6) is 0 Å². The minimum atomic E-state index is -3.92. The fraction of sp³-hybridized carbons (Fsp3) is 0.389. The quantitative estimate of drug-likeness (QED) is 0.410. The van der Waals surface area contributed by atoms with Gasteiger partial charge in [-0.1, -0.05) is 6.58 Å². The molecule has 1 fully saturated rings. The van der Waals surface area contributed by atoms with Crippen LogP contribution in [0.3, 0.4) is 0 Å². The van der Waals surface area contributed by atoms with E-state index in [0.29, 0.717) is 30.0 Å². The predicted molar refractivity (Wildman–Crippen MR) is 111 cm³/mol. The molecule has 6 N–H and O–H groups in total. The Balaban J connectivity index is 2.08. The fourth-order valence-corrected chi connectivity index (χ4v) is 4.32. The molecular formula is C18H24N6O4S. The number of aliphatic imine (C=N–C) groups is 1. The van der Waals surface area contributed by atoms with Crippen LogP contribution in [-0.4, -0.2) is 44.4 Å². The lowest BCUT2D eigenvalue weighted by atomic mass is 9.96. The molecule has 29 heavy (non-hydrogen) atoms. The molecule has 156 valence electrons. The van der Waals surface area contributed by atoms with E-state index in [2.05, 4.69) is 21.6 Å². The van der Waals surface area contributed by atoms with E-state index in [0.717, 1.165) is 17.4 Å². The molecule has 0 radical (unpaired) electrons. The lowest BCUT2D eigenvalue weighted by Gasteiger charge is -2.26. The number of anilines is 1. The molecule has 3 rings (SSSR count). The van der Waals surface area contributed by atoms with E-state index in [1.165, 1.54) is 12.3 Å². The van der Waals surface area contributed by atoms with E-state index in [4.69, 9.17) is 11.5 Å². The summed E-state index contributed by atoms with van der Waals surface area (Å²) in [5.74, 6) is 0.396. The Morgan fingerprint density at radius 1 is 1.38 bits per heavy atom. The first kappa shape index (κ1) is 20.8. The van der Waals surface area contributed by atoms with Gasteiger partial charge in [0.1, 0.15) is 16.4 Å². The largest absolute Gasteiger partial charge is 0.393 e. The molecule has 0 saturated heterocycles. The van der Waals surface area contributed by atoms with Crippen molar-refractivity contribution >= 4 is 33.7 Å². The number of hydrogen-bond acceptors (Lipinski definition) is 7. The number of sulfonamides is 1. The average Bonchev–Trinajstić information content (AvgIpc) is 3.49. The average molecular weight is 420 g/mol. The molecule has 1 amide bonds. The molecule has 1 atom stereocenters. The highest BCUT2D eigenvalue weighted by atomic mass is 32.2. The first-order chi connectivity index (χ1) is 13.7. The topological polar surface area (TPSA) is 162 Å². The Morgan fingerprint density at radius 3 is 2.69 bits per heavy atom. The Bertz CT molecular complexity index is 1080. The van der Waals surface area contributed by atoms with Gasteiger partial charge in [-0.2, -0.15) is 0 Å². The van der Waals surface area contributed by atoms with E-state index >= 15 is 0 Å². The summed E-state index contributed by atoms with van der Waals surface area (Å²) in [6, 6.07) is 0.916. The Kier molecular flexibility index (Phi) is 5.62. The lowest BCUT2D eigenvalue weighted by Crippen LogP contribution is -2.36. The highest BCUT2D eigenvalue weighted by Gasteiger charge is 2.29. The van der Waals surface area contributed by atoms with Crippen LogP contribution in [0.4, 0.5) is 5.69 Å². The number of nitrogen functional groups attached to an aromatic ring is 1. The van der Waals surface area contributed by atoms with Crippen LogP contribution in [0.25, 0.3) is 5.70 Å². The van der Waals surface area contributed by atoms with Crippen LogP contribution in [0.15, 0.2) is 44.7 Å². The molecule has 11 heteroatoms. The molecule has 2 heterocycles. The highest BCUT2D eigenvalue weighted by molar-refractivity contribution is 7.89. The zero-order valence-electron chi connectivity index (χ0n) is 16.0. The summed E-state index contributed by atoms with van der Waals surface area (Å²) in [7, 11) is -3.92. The zero-order valence-corrected chi connectivity index (χ0v) is 16.8. The van der Waals surface area contributed by atoms with E-state index in [9.17, 15) is 18.0 Å². The Hall–Kier alpha value is -2.92. The maximum absolute atomic E-state index is 12.9. The number of dihydropyridines is 1. The van der Waals surface area contributed by atoms with Gasteiger partial charge < -0.3 is 16.8 Å². The predicted octanol–water partition coefficient (Wildman–Crippen LogP) is -0.609. The monoisotopic (exact) mass is 420 g/mol.